The molecule has 0 amide bonds. The predicted octanol–water partition coefficient (Wildman–Crippen LogP) is 4.82. The highest BCUT2D eigenvalue weighted by molar-refractivity contribution is 6.07. The largest absolute Gasteiger partial charge is 0.328 e. The number of nitriles is 1. The zero-order valence-electron chi connectivity index (χ0n) is 16.0. The fraction of sp³-hybridized carbons (Fsp3) is 0.0833. The Morgan fingerprint density at radius 3 is 2.63 bits per heavy atom. The van der Waals surface area contributed by atoms with Crippen LogP contribution in [-0.2, 0) is 0 Å². The predicted molar refractivity (Wildman–Crippen MR) is 116 cm³/mol. The number of fused-ring (bicyclic) bond motifs is 1. The number of halogens is 1. The molecular formula is C24H16FN5. The summed E-state index contributed by atoms with van der Waals surface area (Å²) in [4.78, 5) is 15.9. The highest BCUT2D eigenvalue weighted by atomic mass is 19.1. The van der Waals surface area contributed by atoms with Crippen LogP contribution in [0.15, 0.2) is 71.9 Å². The van der Waals surface area contributed by atoms with Crippen molar-refractivity contribution in [3.8, 4) is 28.5 Å². The van der Waals surface area contributed by atoms with Crippen LogP contribution in [0.3, 0.4) is 0 Å². The molecule has 0 aliphatic carbocycles. The number of nitrogens with zero attached hydrogens (tertiary/aromatic N) is 5. The van der Waals surface area contributed by atoms with Crippen molar-refractivity contribution in [3.05, 3.63) is 78.2 Å². The van der Waals surface area contributed by atoms with Crippen molar-refractivity contribution in [2.24, 2.45) is 4.99 Å². The summed E-state index contributed by atoms with van der Waals surface area (Å²) < 4.78 is 13.7. The molecule has 0 unspecified atom stereocenters. The average molecular weight is 393 g/mol. The van der Waals surface area contributed by atoms with E-state index in [2.05, 4.69) is 16.0 Å². The van der Waals surface area contributed by atoms with E-state index in [4.69, 9.17) is 4.98 Å². The topological polar surface area (TPSA) is 65.2 Å². The lowest BCUT2D eigenvalue weighted by Gasteiger charge is -2.23. The van der Waals surface area contributed by atoms with Crippen LogP contribution in [-0.4, -0.2) is 29.4 Å². The van der Waals surface area contributed by atoms with E-state index < -0.39 is 0 Å². The molecule has 5 rings (SSSR count). The Balaban J connectivity index is 1.90. The van der Waals surface area contributed by atoms with Crippen LogP contribution in [0.25, 0.3) is 33.4 Å². The smallest absolute Gasteiger partial charge is 0.123 e. The molecule has 5 nitrogen and oxygen atoms in total. The molecule has 4 aromatic rings. The maximum absolute atomic E-state index is 13.7. The van der Waals surface area contributed by atoms with Gasteiger partial charge < -0.3 is 4.90 Å². The average Bonchev–Trinajstić information content (AvgIpc) is 3.33. The molecule has 1 aliphatic heterocycles. The summed E-state index contributed by atoms with van der Waals surface area (Å²) in [6.45, 7) is 1.39. The van der Waals surface area contributed by atoms with Gasteiger partial charge in [0.15, 0.2) is 0 Å². The highest BCUT2D eigenvalue weighted by Gasteiger charge is 2.24. The summed E-state index contributed by atoms with van der Waals surface area (Å²) in [5, 5.41) is 9.37. The second kappa shape index (κ2) is 7.37. The van der Waals surface area contributed by atoms with Gasteiger partial charge in [0.1, 0.15) is 5.82 Å². The van der Waals surface area contributed by atoms with Crippen LogP contribution >= 0.6 is 0 Å². The van der Waals surface area contributed by atoms with E-state index >= 15 is 0 Å². The SMILES string of the molecule is N#Cc1cccc(-c2nc3cccnc3c(-c3ccc(F)cc3)c2N2C=NCC2)c1. The number of rotatable bonds is 3. The quantitative estimate of drug-likeness (QED) is 0.500. The van der Waals surface area contributed by atoms with Gasteiger partial charge in [0.2, 0.25) is 0 Å². The zero-order valence-corrected chi connectivity index (χ0v) is 16.0. The molecule has 0 fully saturated rings. The monoisotopic (exact) mass is 393 g/mol. The molecule has 0 bridgehead atoms. The Morgan fingerprint density at radius 1 is 1.00 bits per heavy atom. The summed E-state index contributed by atoms with van der Waals surface area (Å²) in [5.41, 5.74) is 6.16. The summed E-state index contributed by atoms with van der Waals surface area (Å²) in [5.74, 6) is -0.295. The molecular weight excluding hydrogens is 377 g/mol. The van der Waals surface area contributed by atoms with Gasteiger partial charge in [-0.25, -0.2) is 9.37 Å². The van der Waals surface area contributed by atoms with E-state index in [-0.39, 0.29) is 5.82 Å². The van der Waals surface area contributed by atoms with E-state index in [9.17, 15) is 9.65 Å². The number of anilines is 1. The molecule has 2 aromatic heterocycles. The molecule has 0 radical (unpaired) electrons. The Kier molecular flexibility index (Phi) is 4.41. The van der Waals surface area contributed by atoms with Crippen molar-refractivity contribution >= 4 is 23.1 Å². The van der Waals surface area contributed by atoms with Crippen LogP contribution in [0.1, 0.15) is 5.56 Å². The lowest BCUT2D eigenvalue weighted by atomic mass is 9.96. The van der Waals surface area contributed by atoms with Crippen molar-refractivity contribution in [1.29, 1.82) is 5.26 Å². The lowest BCUT2D eigenvalue weighted by Crippen LogP contribution is -2.21. The molecule has 0 saturated carbocycles. The molecule has 0 spiro atoms. The molecule has 0 saturated heterocycles. The number of benzene rings is 2. The number of aromatic nitrogens is 2. The number of aliphatic imine (C=N–C) groups is 1. The Morgan fingerprint density at radius 2 is 1.87 bits per heavy atom. The number of hydrogen-bond acceptors (Lipinski definition) is 5. The van der Waals surface area contributed by atoms with Gasteiger partial charge in [-0.2, -0.15) is 5.26 Å². The maximum Gasteiger partial charge on any atom is 0.123 e. The molecule has 0 atom stereocenters. The van der Waals surface area contributed by atoms with Gasteiger partial charge in [-0.1, -0.05) is 24.3 Å². The molecule has 3 heterocycles. The van der Waals surface area contributed by atoms with Gasteiger partial charge >= 0.3 is 0 Å². The number of hydrogen-bond donors (Lipinski definition) is 0. The Labute approximate surface area is 172 Å². The zero-order chi connectivity index (χ0) is 20.5. The molecule has 144 valence electrons. The third-order valence-corrected chi connectivity index (χ3v) is 5.09. The standard InChI is InChI=1S/C24H16FN5/c25-19-8-6-17(7-9-19)21-23-20(5-2-10-28-23)29-22(24(21)30-12-11-27-15-30)18-4-1-3-16(13-18)14-26/h1-10,13,15H,11-12H2. The molecule has 30 heavy (non-hydrogen) atoms. The summed E-state index contributed by atoms with van der Waals surface area (Å²) in [6.07, 6.45) is 3.53. The van der Waals surface area contributed by atoms with Crippen LogP contribution in [0.2, 0.25) is 0 Å². The summed E-state index contributed by atoms with van der Waals surface area (Å²) in [6, 6.07) is 19.7. The molecule has 0 N–H and O–H groups in total. The van der Waals surface area contributed by atoms with Crippen LogP contribution in [0.5, 0.6) is 0 Å². The first-order valence-corrected chi connectivity index (χ1v) is 9.56. The molecule has 2 aromatic carbocycles. The van der Waals surface area contributed by atoms with Gasteiger partial charge in [-0.05, 0) is 42.0 Å². The molecule has 6 heteroatoms. The van der Waals surface area contributed by atoms with Gasteiger partial charge in [0.25, 0.3) is 0 Å². The third kappa shape index (κ3) is 3.07. The lowest BCUT2D eigenvalue weighted by molar-refractivity contribution is 0.628. The molecule has 1 aliphatic rings. The van der Waals surface area contributed by atoms with E-state index in [1.165, 1.54) is 12.1 Å². The second-order valence-corrected chi connectivity index (χ2v) is 6.97. The van der Waals surface area contributed by atoms with E-state index in [1.54, 1.807) is 30.7 Å². The van der Waals surface area contributed by atoms with E-state index in [0.29, 0.717) is 18.7 Å². The summed E-state index contributed by atoms with van der Waals surface area (Å²) in [7, 11) is 0. The maximum atomic E-state index is 13.7. The van der Waals surface area contributed by atoms with E-state index in [0.717, 1.165) is 39.1 Å². The van der Waals surface area contributed by atoms with E-state index in [1.807, 2.05) is 35.2 Å². The highest BCUT2D eigenvalue weighted by Crippen LogP contribution is 2.42. The van der Waals surface area contributed by atoms with Crippen molar-refractivity contribution in [3.63, 3.8) is 0 Å². The normalized spacial score (nSPS) is 13.0. The fourth-order valence-corrected chi connectivity index (χ4v) is 3.74. The summed E-state index contributed by atoms with van der Waals surface area (Å²) >= 11 is 0. The van der Waals surface area contributed by atoms with Crippen LogP contribution in [0, 0.1) is 17.1 Å². The fourth-order valence-electron chi connectivity index (χ4n) is 3.74. The minimum absolute atomic E-state index is 0.295. The van der Waals surface area contributed by atoms with Crippen molar-refractivity contribution in [2.45, 2.75) is 0 Å². The van der Waals surface area contributed by atoms with Crippen LogP contribution in [0.4, 0.5) is 10.1 Å². The van der Waals surface area contributed by atoms with Gasteiger partial charge in [-0.15, -0.1) is 0 Å². The van der Waals surface area contributed by atoms with Gasteiger partial charge in [-0.3, -0.25) is 9.98 Å². The van der Waals surface area contributed by atoms with Crippen molar-refractivity contribution in [2.75, 3.05) is 18.0 Å². The first kappa shape index (κ1) is 18.0. The Hall–Kier alpha value is -4.11. The first-order valence-electron chi connectivity index (χ1n) is 9.56. The van der Waals surface area contributed by atoms with Crippen molar-refractivity contribution < 1.29 is 4.39 Å². The minimum atomic E-state index is -0.295. The third-order valence-electron chi connectivity index (χ3n) is 5.09. The number of pyridine rings is 2. The van der Waals surface area contributed by atoms with Gasteiger partial charge in [0.05, 0.1) is 46.9 Å². The van der Waals surface area contributed by atoms with Crippen LogP contribution < -0.4 is 4.90 Å². The van der Waals surface area contributed by atoms with Gasteiger partial charge in [0, 0.05) is 23.9 Å². The Bertz CT molecular complexity index is 1320. The first-order chi connectivity index (χ1) is 14.7. The van der Waals surface area contributed by atoms with Crippen molar-refractivity contribution in [1.82, 2.24) is 9.97 Å². The second-order valence-electron chi connectivity index (χ2n) is 6.97. The minimum Gasteiger partial charge on any atom is -0.328 e.